The number of hydrogen-bond donors (Lipinski definition) is 1. The Hall–Kier alpha value is -4.71. The minimum Gasteiger partial charge on any atom is -0.333 e. The van der Waals surface area contributed by atoms with Gasteiger partial charge >= 0.3 is 6.03 Å². The molecule has 6 heteroatoms. The Morgan fingerprint density at radius 1 is 0.886 bits per heavy atom. The second-order valence-electron chi connectivity index (χ2n) is 8.18. The number of amides is 2. The highest BCUT2D eigenvalue weighted by molar-refractivity contribution is 6.00. The summed E-state index contributed by atoms with van der Waals surface area (Å²) in [7, 11) is 0. The van der Waals surface area contributed by atoms with E-state index in [1.165, 1.54) is 11.0 Å². The Morgan fingerprint density at radius 2 is 1.51 bits per heavy atom. The van der Waals surface area contributed by atoms with E-state index < -0.39 is 0 Å². The van der Waals surface area contributed by atoms with Gasteiger partial charge < -0.3 is 5.32 Å². The molecule has 0 spiro atoms. The van der Waals surface area contributed by atoms with Crippen molar-refractivity contribution in [2.75, 3.05) is 4.90 Å². The normalized spacial score (nSPS) is 10.8. The molecule has 2 amide bonds. The van der Waals surface area contributed by atoms with Gasteiger partial charge in [-0.05, 0) is 48.4 Å². The van der Waals surface area contributed by atoms with Gasteiger partial charge in [-0.1, -0.05) is 66.7 Å². The average Bonchev–Trinajstić information content (AvgIpc) is 2.89. The van der Waals surface area contributed by atoms with Crippen LogP contribution in [0.15, 0.2) is 114 Å². The molecule has 0 bridgehead atoms. The topological polar surface area (TPSA) is 67.2 Å². The van der Waals surface area contributed by atoms with Crippen molar-refractivity contribution >= 4 is 28.6 Å². The van der Waals surface area contributed by atoms with Crippen LogP contribution in [0.25, 0.3) is 16.7 Å². The molecule has 5 aromatic rings. The maximum Gasteiger partial charge on any atom is 0.327 e. The van der Waals surface area contributed by atoms with E-state index in [2.05, 4.69) is 10.3 Å². The molecule has 0 aliphatic heterocycles. The predicted octanol–water partition coefficient (Wildman–Crippen LogP) is 5.74. The lowest BCUT2D eigenvalue weighted by Crippen LogP contribution is -2.38. The molecule has 3 aromatic carbocycles. The van der Waals surface area contributed by atoms with E-state index in [1.807, 2.05) is 109 Å². The zero-order chi connectivity index (χ0) is 24.2. The number of benzene rings is 3. The molecule has 0 aliphatic carbocycles. The number of hydrogen-bond acceptors (Lipinski definition) is 3. The van der Waals surface area contributed by atoms with Crippen molar-refractivity contribution < 1.29 is 4.79 Å². The molecular formula is C29H24N4O2. The Morgan fingerprint density at radius 3 is 2.20 bits per heavy atom. The standard InChI is InChI=1S/C29H24N4O2/c1-21-17-18-30-28-27(21)25(34)19-26(32(28)23-13-7-3-8-14-23)33(24-15-9-4-10-16-24)29(35)31-20-22-11-5-2-6-12-22/h2-19H,20H2,1H3,(H,31,35). The fourth-order valence-electron chi connectivity index (χ4n) is 4.16. The monoisotopic (exact) mass is 460 g/mol. The van der Waals surface area contributed by atoms with Crippen LogP contribution in [0.1, 0.15) is 11.1 Å². The van der Waals surface area contributed by atoms with Gasteiger partial charge in [0.05, 0.1) is 11.1 Å². The number of carbonyl (C=O) groups is 1. The third kappa shape index (κ3) is 4.42. The summed E-state index contributed by atoms with van der Waals surface area (Å²) >= 11 is 0. The SMILES string of the molecule is Cc1ccnc2c1c(=O)cc(N(C(=O)NCc1ccccc1)c1ccccc1)n2-c1ccccc1. The first kappa shape index (κ1) is 22.1. The molecule has 2 heterocycles. The molecule has 35 heavy (non-hydrogen) atoms. The Kier molecular flexibility index (Phi) is 6.09. The van der Waals surface area contributed by atoms with Crippen LogP contribution in [0.3, 0.4) is 0 Å². The van der Waals surface area contributed by atoms with Gasteiger partial charge in [-0.25, -0.2) is 14.7 Å². The van der Waals surface area contributed by atoms with Crippen molar-refractivity contribution in [2.45, 2.75) is 13.5 Å². The van der Waals surface area contributed by atoms with E-state index in [1.54, 1.807) is 6.20 Å². The van der Waals surface area contributed by atoms with Crippen molar-refractivity contribution in [2.24, 2.45) is 0 Å². The quantitative estimate of drug-likeness (QED) is 0.364. The summed E-state index contributed by atoms with van der Waals surface area (Å²) in [5.41, 5.74) is 3.54. The number of rotatable bonds is 5. The molecule has 0 saturated heterocycles. The van der Waals surface area contributed by atoms with Crippen LogP contribution in [0.2, 0.25) is 0 Å². The van der Waals surface area contributed by atoms with Gasteiger partial charge in [0.2, 0.25) is 0 Å². The summed E-state index contributed by atoms with van der Waals surface area (Å²) in [5.74, 6) is 0.406. The second kappa shape index (κ2) is 9.65. The highest BCUT2D eigenvalue weighted by Gasteiger charge is 2.24. The Labute approximate surface area is 203 Å². The number of pyridine rings is 2. The van der Waals surface area contributed by atoms with Crippen LogP contribution < -0.4 is 15.6 Å². The summed E-state index contributed by atoms with van der Waals surface area (Å²) in [6, 6.07) is 31.6. The fraction of sp³-hybridized carbons (Fsp3) is 0.0690. The van der Waals surface area contributed by atoms with Crippen molar-refractivity contribution in [3.63, 3.8) is 0 Å². The molecule has 172 valence electrons. The van der Waals surface area contributed by atoms with E-state index in [0.29, 0.717) is 29.1 Å². The lowest BCUT2D eigenvalue weighted by molar-refractivity contribution is 0.248. The van der Waals surface area contributed by atoms with Gasteiger partial charge in [0.15, 0.2) is 5.43 Å². The van der Waals surface area contributed by atoms with Gasteiger partial charge in [-0.3, -0.25) is 9.36 Å². The molecule has 0 radical (unpaired) electrons. The minimum absolute atomic E-state index is 0.190. The van der Waals surface area contributed by atoms with E-state index in [-0.39, 0.29) is 11.5 Å². The summed E-state index contributed by atoms with van der Waals surface area (Å²) in [6.07, 6.45) is 1.68. The highest BCUT2D eigenvalue weighted by Crippen LogP contribution is 2.30. The highest BCUT2D eigenvalue weighted by atomic mass is 16.2. The van der Waals surface area contributed by atoms with Crippen LogP contribution in [0.5, 0.6) is 0 Å². The fourth-order valence-corrected chi connectivity index (χ4v) is 4.16. The van der Waals surface area contributed by atoms with Crippen molar-refractivity contribution in [3.8, 4) is 5.69 Å². The van der Waals surface area contributed by atoms with Gasteiger partial charge in [-0.15, -0.1) is 0 Å². The maximum absolute atomic E-state index is 13.7. The molecule has 0 unspecified atom stereocenters. The summed E-state index contributed by atoms with van der Waals surface area (Å²) in [6.45, 7) is 2.24. The average molecular weight is 461 g/mol. The third-order valence-corrected chi connectivity index (χ3v) is 5.83. The van der Waals surface area contributed by atoms with Gasteiger partial charge in [0.1, 0.15) is 11.5 Å². The molecular weight excluding hydrogens is 436 g/mol. The lowest BCUT2D eigenvalue weighted by atomic mass is 10.1. The number of para-hydroxylation sites is 2. The first-order valence-corrected chi connectivity index (χ1v) is 11.4. The number of fused-ring (bicyclic) bond motifs is 1. The van der Waals surface area contributed by atoms with Crippen LogP contribution in [-0.4, -0.2) is 15.6 Å². The largest absolute Gasteiger partial charge is 0.333 e. The van der Waals surface area contributed by atoms with Crippen molar-refractivity contribution in [1.82, 2.24) is 14.9 Å². The van der Waals surface area contributed by atoms with Gasteiger partial charge in [0.25, 0.3) is 0 Å². The number of nitrogens with zero attached hydrogens (tertiary/aromatic N) is 3. The maximum atomic E-state index is 13.7. The number of aromatic nitrogens is 2. The molecule has 6 nitrogen and oxygen atoms in total. The Bertz CT molecular complexity index is 1530. The number of carbonyl (C=O) groups excluding carboxylic acids is 1. The summed E-state index contributed by atoms with van der Waals surface area (Å²) in [5, 5.41) is 3.53. The predicted molar refractivity (Wildman–Crippen MR) is 139 cm³/mol. The molecule has 1 N–H and O–H groups in total. The second-order valence-corrected chi connectivity index (χ2v) is 8.18. The van der Waals surface area contributed by atoms with Crippen LogP contribution in [-0.2, 0) is 6.54 Å². The zero-order valence-electron chi connectivity index (χ0n) is 19.3. The third-order valence-electron chi connectivity index (χ3n) is 5.83. The Balaban J connectivity index is 1.72. The first-order valence-electron chi connectivity index (χ1n) is 11.4. The van der Waals surface area contributed by atoms with E-state index >= 15 is 0 Å². The van der Waals surface area contributed by atoms with Crippen LogP contribution in [0, 0.1) is 6.92 Å². The molecule has 5 rings (SSSR count). The summed E-state index contributed by atoms with van der Waals surface area (Å²) < 4.78 is 1.86. The van der Waals surface area contributed by atoms with Crippen molar-refractivity contribution in [3.05, 3.63) is 131 Å². The van der Waals surface area contributed by atoms with Crippen molar-refractivity contribution in [1.29, 1.82) is 0 Å². The molecule has 0 fully saturated rings. The van der Waals surface area contributed by atoms with E-state index in [0.717, 1.165) is 16.8 Å². The molecule has 2 aromatic heterocycles. The number of urea groups is 1. The number of nitrogens with one attached hydrogen (secondary N) is 1. The zero-order valence-corrected chi connectivity index (χ0v) is 19.3. The van der Waals surface area contributed by atoms with Gasteiger partial charge in [-0.2, -0.15) is 0 Å². The van der Waals surface area contributed by atoms with E-state index in [4.69, 9.17) is 0 Å². The lowest BCUT2D eigenvalue weighted by Gasteiger charge is -2.27. The van der Waals surface area contributed by atoms with E-state index in [9.17, 15) is 9.59 Å². The molecule has 0 aliphatic rings. The minimum atomic E-state index is -0.351. The number of anilines is 2. The smallest absolute Gasteiger partial charge is 0.327 e. The summed E-state index contributed by atoms with van der Waals surface area (Å²) in [4.78, 5) is 33.1. The first-order chi connectivity index (χ1) is 17.1. The number of aryl methyl sites for hydroxylation is 1. The van der Waals surface area contributed by atoms with Gasteiger partial charge in [0, 0.05) is 24.5 Å². The van der Waals surface area contributed by atoms with Crippen LogP contribution in [0.4, 0.5) is 16.3 Å². The van der Waals surface area contributed by atoms with Crippen LogP contribution >= 0.6 is 0 Å². The molecule has 0 saturated carbocycles. The molecule has 0 atom stereocenters.